The fraction of sp³-hybridized carbons (Fsp3) is 0.588. The van der Waals surface area contributed by atoms with Gasteiger partial charge in [0.2, 0.25) is 5.91 Å². The van der Waals surface area contributed by atoms with Crippen molar-refractivity contribution in [2.45, 2.75) is 19.6 Å². The van der Waals surface area contributed by atoms with Crippen LogP contribution in [0.4, 0.5) is 0 Å². The number of aliphatic hydroxyl groups excluding tert-OH is 1. The summed E-state index contributed by atoms with van der Waals surface area (Å²) in [4.78, 5) is 16.5. The minimum Gasteiger partial charge on any atom is -0.389 e. The van der Waals surface area contributed by atoms with Crippen molar-refractivity contribution in [3.63, 3.8) is 0 Å². The molecule has 0 unspecified atom stereocenters. The number of carbonyl (C=O) groups excluding carboxylic acids is 1. The summed E-state index contributed by atoms with van der Waals surface area (Å²) < 4.78 is 6.88. The Morgan fingerprint density at radius 2 is 2.04 bits per heavy atom. The molecule has 1 aliphatic heterocycles. The molecule has 0 aliphatic carbocycles. The van der Waals surface area contributed by atoms with E-state index in [1.807, 2.05) is 36.1 Å². The molecule has 1 fully saturated rings. The van der Waals surface area contributed by atoms with Crippen molar-refractivity contribution >= 4 is 16.9 Å². The maximum absolute atomic E-state index is 12.5. The van der Waals surface area contributed by atoms with Gasteiger partial charge in [0, 0.05) is 39.3 Å². The maximum Gasteiger partial charge on any atom is 0.244 e. The molecule has 0 radical (unpaired) electrons. The lowest BCUT2D eigenvalue weighted by Crippen LogP contribution is -2.51. The summed E-state index contributed by atoms with van der Waals surface area (Å²) in [6, 6.07) is 7.62. The quantitative estimate of drug-likeness (QED) is 0.757. The van der Waals surface area contributed by atoms with Crippen LogP contribution in [0.25, 0.3) is 11.0 Å². The summed E-state index contributed by atoms with van der Waals surface area (Å²) >= 11 is 0. The molecule has 2 aromatic rings. The van der Waals surface area contributed by atoms with E-state index >= 15 is 0 Å². The lowest BCUT2D eigenvalue weighted by Gasteiger charge is -2.35. The highest BCUT2D eigenvalue weighted by molar-refractivity contribution is 5.79. The Hall–Kier alpha value is -2.03. The van der Waals surface area contributed by atoms with Crippen LogP contribution in [-0.4, -0.2) is 87.8 Å². The second kappa shape index (κ2) is 8.37. The first-order chi connectivity index (χ1) is 12.2. The van der Waals surface area contributed by atoms with Crippen molar-refractivity contribution in [3.05, 3.63) is 24.3 Å². The highest BCUT2D eigenvalue weighted by Crippen LogP contribution is 2.11. The smallest absolute Gasteiger partial charge is 0.244 e. The van der Waals surface area contributed by atoms with Gasteiger partial charge in [-0.25, -0.2) is 4.68 Å². The number of benzene rings is 1. The predicted octanol–water partition coefficient (Wildman–Crippen LogP) is -0.0271. The fourth-order valence-corrected chi connectivity index (χ4v) is 3.05. The molecule has 0 bridgehead atoms. The van der Waals surface area contributed by atoms with E-state index in [-0.39, 0.29) is 12.5 Å². The Morgan fingerprint density at radius 1 is 1.28 bits per heavy atom. The van der Waals surface area contributed by atoms with Crippen LogP contribution < -0.4 is 0 Å². The van der Waals surface area contributed by atoms with Crippen LogP contribution in [0.5, 0.6) is 0 Å². The van der Waals surface area contributed by atoms with Gasteiger partial charge in [0.15, 0.2) is 0 Å². The summed E-state index contributed by atoms with van der Waals surface area (Å²) in [6.45, 7) is 6.49. The average molecular weight is 347 g/mol. The monoisotopic (exact) mass is 347 g/mol. The zero-order chi connectivity index (χ0) is 17.6. The lowest BCUT2D eigenvalue weighted by atomic mass is 10.2. The van der Waals surface area contributed by atoms with E-state index in [1.54, 1.807) is 4.68 Å². The first-order valence-corrected chi connectivity index (χ1v) is 8.71. The lowest BCUT2D eigenvalue weighted by molar-refractivity contribution is -0.134. The summed E-state index contributed by atoms with van der Waals surface area (Å²) in [5, 5.41) is 18.1. The fourth-order valence-electron chi connectivity index (χ4n) is 3.05. The number of para-hydroxylation sites is 1. The van der Waals surface area contributed by atoms with Crippen molar-refractivity contribution in [1.82, 2.24) is 24.8 Å². The molecule has 1 N–H and O–H groups in total. The number of hydrogen-bond acceptors (Lipinski definition) is 6. The molecule has 3 rings (SSSR count). The molecule has 1 aromatic heterocycles. The van der Waals surface area contributed by atoms with Gasteiger partial charge < -0.3 is 14.7 Å². The van der Waals surface area contributed by atoms with Gasteiger partial charge in [0.1, 0.15) is 12.1 Å². The van der Waals surface area contributed by atoms with Crippen LogP contribution >= 0.6 is 0 Å². The third kappa shape index (κ3) is 4.53. The number of amides is 1. The van der Waals surface area contributed by atoms with Gasteiger partial charge in [-0.15, -0.1) is 5.10 Å². The highest BCUT2D eigenvalue weighted by Gasteiger charge is 2.23. The van der Waals surface area contributed by atoms with Gasteiger partial charge in [0.05, 0.1) is 18.2 Å². The second-order valence-electron chi connectivity index (χ2n) is 6.23. The number of carbonyl (C=O) groups is 1. The van der Waals surface area contributed by atoms with Crippen LogP contribution in [0, 0.1) is 0 Å². The Balaban J connectivity index is 1.48. The molecule has 1 aromatic carbocycles. The molecule has 1 amide bonds. The summed E-state index contributed by atoms with van der Waals surface area (Å²) in [7, 11) is 0. The first kappa shape index (κ1) is 17.8. The number of rotatable bonds is 7. The molecule has 25 heavy (non-hydrogen) atoms. The molecule has 1 saturated heterocycles. The molecular weight excluding hydrogens is 322 g/mol. The molecule has 1 aliphatic rings. The van der Waals surface area contributed by atoms with Gasteiger partial charge in [-0.2, -0.15) is 0 Å². The summed E-state index contributed by atoms with van der Waals surface area (Å²) in [6.07, 6.45) is -0.483. The van der Waals surface area contributed by atoms with E-state index in [1.165, 1.54) is 0 Å². The Kier molecular flexibility index (Phi) is 5.95. The molecular formula is C17H25N5O3. The first-order valence-electron chi connectivity index (χ1n) is 8.71. The van der Waals surface area contributed by atoms with Crippen molar-refractivity contribution in [2.75, 3.05) is 45.9 Å². The molecule has 0 spiro atoms. The van der Waals surface area contributed by atoms with Crippen molar-refractivity contribution < 1.29 is 14.6 Å². The minimum absolute atomic E-state index is 0.0465. The molecule has 1 atom stereocenters. The number of β-amino-alcohol motifs (C(OH)–C–C–N with tert-alkyl or cyclic N) is 1. The van der Waals surface area contributed by atoms with Crippen LogP contribution in [0.1, 0.15) is 6.92 Å². The molecule has 136 valence electrons. The number of ether oxygens (including phenoxy) is 1. The SMILES string of the molecule is CCOC[C@H](O)CN1CCN(C(=O)Cn2nnc3ccccc32)CC1. The van der Waals surface area contributed by atoms with E-state index in [9.17, 15) is 9.90 Å². The number of piperazine rings is 1. The maximum atomic E-state index is 12.5. The number of fused-ring (bicyclic) bond motifs is 1. The third-order valence-electron chi connectivity index (χ3n) is 4.41. The zero-order valence-corrected chi connectivity index (χ0v) is 14.5. The van der Waals surface area contributed by atoms with Gasteiger partial charge in [-0.1, -0.05) is 17.3 Å². The van der Waals surface area contributed by atoms with E-state index in [4.69, 9.17) is 4.74 Å². The number of aliphatic hydroxyl groups is 1. The van der Waals surface area contributed by atoms with Crippen molar-refractivity contribution in [2.24, 2.45) is 0 Å². The van der Waals surface area contributed by atoms with E-state index < -0.39 is 6.10 Å². The minimum atomic E-state index is -0.483. The van der Waals surface area contributed by atoms with E-state index in [2.05, 4.69) is 15.2 Å². The molecule has 8 heteroatoms. The second-order valence-corrected chi connectivity index (χ2v) is 6.23. The Morgan fingerprint density at radius 3 is 2.80 bits per heavy atom. The highest BCUT2D eigenvalue weighted by atomic mass is 16.5. The summed E-state index contributed by atoms with van der Waals surface area (Å²) in [5.41, 5.74) is 1.66. The van der Waals surface area contributed by atoms with Crippen LogP contribution in [0.15, 0.2) is 24.3 Å². The Bertz CT molecular complexity index is 696. The zero-order valence-electron chi connectivity index (χ0n) is 14.5. The molecule has 2 heterocycles. The largest absolute Gasteiger partial charge is 0.389 e. The normalized spacial score (nSPS) is 17.1. The standard InChI is InChI=1S/C17H25N5O3/c1-2-25-13-14(23)11-20-7-9-21(10-8-20)17(24)12-22-16-6-4-3-5-15(16)18-19-22/h3-6,14,23H,2,7-13H2,1H3/t14-/m1/s1. The number of nitrogens with zero attached hydrogens (tertiary/aromatic N) is 5. The van der Waals surface area contributed by atoms with Crippen LogP contribution in [-0.2, 0) is 16.1 Å². The third-order valence-corrected chi connectivity index (χ3v) is 4.41. The van der Waals surface area contributed by atoms with Crippen LogP contribution in [0.2, 0.25) is 0 Å². The summed E-state index contributed by atoms with van der Waals surface area (Å²) in [5.74, 6) is 0.0465. The van der Waals surface area contributed by atoms with Crippen LogP contribution in [0.3, 0.4) is 0 Å². The van der Waals surface area contributed by atoms with Gasteiger partial charge >= 0.3 is 0 Å². The predicted molar refractivity (Wildman–Crippen MR) is 93.0 cm³/mol. The van der Waals surface area contributed by atoms with Gasteiger partial charge in [0.25, 0.3) is 0 Å². The Labute approximate surface area is 147 Å². The average Bonchev–Trinajstić information content (AvgIpc) is 3.03. The van der Waals surface area contributed by atoms with E-state index in [0.717, 1.165) is 24.1 Å². The molecule has 0 saturated carbocycles. The number of hydrogen-bond donors (Lipinski definition) is 1. The van der Waals surface area contributed by atoms with Crippen molar-refractivity contribution in [3.8, 4) is 0 Å². The van der Waals surface area contributed by atoms with E-state index in [0.29, 0.717) is 32.8 Å². The topological polar surface area (TPSA) is 83.7 Å². The van der Waals surface area contributed by atoms with Gasteiger partial charge in [-0.05, 0) is 19.1 Å². The van der Waals surface area contributed by atoms with Gasteiger partial charge in [-0.3, -0.25) is 9.69 Å². The number of aromatic nitrogens is 3. The van der Waals surface area contributed by atoms with Crippen molar-refractivity contribution in [1.29, 1.82) is 0 Å². The molecule has 8 nitrogen and oxygen atoms in total.